The number of aliphatic hydroxyl groups excluding tert-OH is 31. The molecule has 12 heterocycles. The molecule has 12 rings (SSSR count). The van der Waals surface area contributed by atoms with Crippen molar-refractivity contribution in [3.05, 3.63) is 0 Å². The van der Waals surface area contributed by atoms with E-state index in [0.717, 1.165) is 41.5 Å². The van der Waals surface area contributed by atoms with Crippen LogP contribution >= 0.6 is 0 Å². The van der Waals surface area contributed by atoms with Gasteiger partial charge in [-0.3, -0.25) is 28.8 Å². The molecule has 0 aromatic rings. The Morgan fingerprint density at radius 3 is 0.813 bits per heavy atom. The molecule has 12 aliphatic rings. The molecule has 12 aliphatic heterocycles. The van der Waals surface area contributed by atoms with E-state index in [-0.39, 0.29) is 0 Å². The van der Waals surface area contributed by atoms with Crippen molar-refractivity contribution in [1.29, 1.82) is 0 Å². The van der Waals surface area contributed by atoms with Crippen molar-refractivity contribution in [1.82, 2.24) is 31.9 Å². The molecule has 66 heteroatoms. The van der Waals surface area contributed by atoms with Crippen LogP contribution in [0.25, 0.3) is 0 Å². The summed E-state index contributed by atoms with van der Waals surface area (Å²) in [6, 6.07) is -11.8. The summed E-state index contributed by atoms with van der Waals surface area (Å²) in [7, 11) is 0. The molecule has 0 aliphatic carbocycles. The first-order chi connectivity index (χ1) is 70.9. The van der Waals surface area contributed by atoms with Gasteiger partial charge in [0.15, 0.2) is 75.5 Å². The average Bonchev–Trinajstić information content (AvgIpc) is 0.758. The van der Waals surface area contributed by atoms with Gasteiger partial charge in [0.25, 0.3) is 0 Å². The van der Waals surface area contributed by atoms with Gasteiger partial charge in [0, 0.05) is 41.5 Å². The van der Waals surface area contributed by atoms with Gasteiger partial charge in [0.1, 0.15) is 287 Å². The largest absolute Gasteiger partial charge is 0.394 e. The van der Waals surface area contributed by atoms with Crippen molar-refractivity contribution >= 4 is 35.4 Å². The van der Waals surface area contributed by atoms with E-state index in [1.807, 2.05) is 0 Å². The molecular weight excluding hydrogens is 2050 g/mol. The Labute approximate surface area is 849 Å². The van der Waals surface area contributed by atoms with Crippen molar-refractivity contribution < 1.29 is 296 Å². The molecule has 0 spiro atoms. The minimum atomic E-state index is -2.83. The highest BCUT2D eigenvalue weighted by Gasteiger charge is 2.64. The number of hydrogen-bond donors (Lipinski definition) is 37. The smallest absolute Gasteiger partial charge is 0.217 e. The standard InChI is InChI=1S/C84H140N6O60/c1-19-43(106)56(119)60(123)79(130-19)150-71-58(121)47(110)29(11-94)135-83(71)146-67-33(15-98)138-78(42(55(67)118)90-25(7)105)149-72-62(125)68(143-77-41(89-24(6)104)53(116)65(31(13-96)137-77)144-80-61(124)57(120)46(109)28(10-93)134-80)34(16-99)139-84(72)147-69-49(112)36(140-81(63(69)126)145-66-32(14-97)136-76(40(54(66)117)88-23(5)103)142-64-30(12-95)131-73(127)37(52(64)115)85-20(2)100)18-129-82-70(148-75-39(87-22(4)102)51(114)45(108)27(9-92)133-75)59(122)48(111)35(141-82)17-128-74-38(86-21(3)101)50(113)44(107)26(8-91)132-74/h19,26-84,91-99,106-127H,8-18H2,1-7H3,(H,85,100)(H,86,101)(H,87,102)(H,88,103)(H,89,104)(H,90,105)/t19-,26+,27+,28+,29+,30+,31+,32+,33+,34+,35+,36+,37+,38+,39+,40+,41+,42-,43+,44+,45+,46-,47-,48+,49+,50+,51+,52+,53+,54+,55+,56+,57-,58-,59-,60-,61+,62-,63-,64+,65+,66+,67+,68+,69-,70-,71+,72-,73+,74+,75-,76-,77-,78-,79-,80-,81-,82-,83-,84+/m0/s1. The van der Waals surface area contributed by atoms with Gasteiger partial charge in [-0.1, -0.05) is 0 Å². The van der Waals surface area contributed by atoms with Crippen LogP contribution in [0.5, 0.6) is 0 Å². The van der Waals surface area contributed by atoms with E-state index in [1.165, 1.54) is 6.92 Å². The van der Waals surface area contributed by atoms with Gasteiger partial charge in [-0.2, -0.15) is 0 Å². The van der Waals surface area contributed by atoms with E-state index >= 15 is 0 Å². The number of ether oxygens (including phenoxy) is 23. The van der Waals surface area contributed by atoms with Gasteiger partial charge < -0.3 is 299 Å². The third kappa shape index (κ3) is 27.5. The van der Waals surface area contributed by atoms with Crippen LogP contribution in [-0.4, -0.2) is 635 Å². The fraction of sp³-hybridized carbons (Fsp3) is 0.929. The molecule has 6 amide bonds. The predicted molar refractivity (Wildman–Crippen MR) is 463 cm³/mol. The first kappa shape index (κ1) is 123. The first-order valence-corrected chi connectivity index (χ1v) is 48.0. The predicted octanol–water partition coefficient (Wildman–Crippen LogP) is -25.3. The summed E-state index contributed by atoms with van der Waals surface area (Å²) in [5.41, 5.74) is 0. The summed E-state index contributed by atoms with van der Waals surface area (Å²) in [5, 5.41) is 369. The Hall–Kier alpha value is -5.34. The number of hydrogen-bond acceptors (Lipinski definition) is 60. The number of amides is 6. The van der Waals surface area contributed by atoms with Crippen LogP contribution in [0.4, 0.5) is 0 Å². The molecule has 0 radical (unpaired) electrons. The molecule has 37 N–H and O–H groups in total. The Balaban J connectivity index is 0.960. The molecule has 866 valence electrons. The molecule has 0 aromatic carbocycles. The Morgan fingerprint density at radius 1 is 0.187 bits per heavy atom. The third-order valence-electron chi connectivity index (χ3n) is 27.4. The van der Waals surface area contributed by atoms with Crippen molar-refractivity contribution in [2.24, 2.45) is 0 Å². The topological polar surface area (TPSA) is 1010 Å². The lowest BCUT2D eigenvalue weighted by atomic mass is 9.93. The lowest BCUT2D eigenvalue weighted by Gasteiger charge is -2.52. The number of aliphatic hydroxyl groups is 31. The van der Waals surface area contributed by atoms with E-state index in [0.29, 0.717) is 0 Å². The zero-order chi connectivity index (χ0) is 110. The minimum Gasteiger partial charge on any atom is -0.394 e. The van der Waals surface area contributed by atoms with Gasteiger partial charge in [0.2, 0.25) is 35.4 Å². The van der Waals surface area contributed by atoms with Crippen molar-refractivity contribution in [3.63, 3.8) is 0 Å². The summed E-state index contributed by atoms with van der Waals surface area (Å²) < 4.78 is 140. The Kier molecular flexibility index (Phi) is 44.4. The Morgan fingerprint density at radius 2 is 0.413 bits per heavy atom. The van der Waals surface area contributed by atoms with Gasteiger partial charge in [-0.15, -0.1) is 0 Å². The highest BCUT2D eigenvalue weighted by molar-refractivity contribution is 5.75. The van der Waals surface area contributed by atoms with Gasteiger partial charge in [-0.05, 0) is 6.92 Å². The van der Waals surface area contributed by atoms with Gasteiger partial charge in [-0.25, -0.2) is 0 Å². The van der Waals surface area contributed by atoms with Crippen molar-refractivity contribution in [2.45, 2.75) is 417 Å². The number of rotatable bonds is 39. The summed E-state index contributed by atoms with van der Waals surface area (Å²) in [6.07, 6.45) is -119. The highest BCUT2D eigenvalue weighted by atomic mass is 16.8. The highest BCUT2D eigenvalue weighted by Crippen LogP contribution is 2.43. The fourth-order valence-corrected chi connectivity index (χ4v) is 19.5. The van der Waals surface area contributed by atoms with Crippen molar-refractivity contribution in [3.8, 4) is 0 Å². The number of carbonyl (C=O) groups is 6. The lowest BCUT2D eigenvalue weighted by molar-refractivity contribution is -0.408. The molecule has 66 nitrogen and oxygen atoms in total. The normalized spacial score (nSPS) is 48.8. The third-order valence-corrected chi connectivity index (χ3v) is 27.4. The SMILES string of the molecule is CC(=O)N[C@@H]1[C@H](O[C@@H]2[C@@H](O[C@@H]3[C@H](O)[C@H](O[C@H]4[C@H](O)[C@@H](NC(C)=O)[C@H](O[C@H]5[C@H](O)[C@@H](NC(C)=O)[C@H](O)O[C@@H]5CO)O[C@@H]4CO)O[C@H](CO[C@H]4O[C@H](CO[C@@H]5O[C@H](CO)[C@@H](O)[C@H](O)[C@H]5NC(C)=O)[C@@H](O)[C@H](O)[C@@H]4O[C@@H]4O[C@H](CO)[C@@H](O)[C@H](O)[C@H]4NC(C)=O)[C@H]3O)O[C@H](CO)[C@@H](O[C@@H]3O[C@H](CO)[C@@H](O[C@@H]4O[C@H](CO)[C@H](O)[C@H](O)[C@H]4O)[C@H](O)[C@H]3NC(C)=O)[C@@H]2O)O[C@H](CO)[C@@H](O[C@@H]2O[C@H](CO)[C@H](O)[C@H](O)[C@H]2O[C@@H]2O[C@@H](C)[C@@H](O)[C@@H](O)[C@@H]2O)[C@@H]1O. The summed E-state index contributed by atoms with van der Waals surface area (Å²) >= 11 is 0. The van der Waals surface area contributed by atoms with Crippen LogP contribution in [0.15, 0.2) is 0 Å². The zero-order valence-electron chi connectivity index (χ0n) is 81.1. The molecule has 12 fully saturated rings. The van der Waals surface area contributed by atoms with Crippen LogP contribution in [-0.2, 0) is 138 Å². The van der Waals surface area contributed by atoms with Crippen LogP contribution in [0.3, 0.4) is 0 Å². The average molecular weight is 2190 g/mol. The number of nitrogens with one attached hydrogen (secondary N) is 6. The second-order valence-electron chi connectivity index (χ2n) is 38.1. The quantitative estimate of drug-likeness (QED) is 0.0272. The maximum absolute atomic E-state index is 13.7. The molecule has 0 aromatic heterocycles. The minimum absolute atomic E-state index is 0.836. The zero-order valence-corrected chi connectivity index (χ0v) is 81.1. The van der Waals surface area contributed by atoms with Crippen LogP contribution in [0.1, 0.15) is 48.5 Å². The summed E-state index contributed by atoms with van der Waals surface area (Å²) in [4.78, 5) is 78.3. The molecule has 12 saturated heterocycles. The van der Waals surface area contributed by atoms with Crippen LogP contribution in [0.2, 0.25) is 0 Å². The van der Waals surface area contributed by atoms with Gasteiger partial charge in [0.05, 0.1) is 78.8 Å². The molecule has 0 unspecified atom stereocenters. The summed E-state index contributed by atoms with van der Waals surface area (Å²) in [6.45, 7) is -6.51. The molecule has 60 atom stereocenters. The van der Waals surface area contributed by atoms with Gasteiger partial charge >= 0.3 is 0 Å². The van der Waals surface area contributed by atoms with Crippen LogP contribution in [0, 0.1) is 0 Å². The number of carbonyl (C=O) groups excluding carboxylic acids is 6. The second kappa shape index (κ2) is 54.0. The monoisotopic (exact) mass is 2190 g/mol. The summed E-state index contributed by atoms with van der Waals surface area (Å²) in [5.74, 6) is -5.86. The van der Waals surface area contributed by atoms with E-state index in [2.05, 4.69) is 31.9 Å². The van der Waals surface area contributed by atoms with E-state index in [9.17, 15) is 187 Å². The second-order valence-corrected chi connectivity index (χ2v) is 38.1. The van der Waals surface area contributed by atoms with Crippen LogP contribution < -0.4 is 31.9 Å². The van der Waals surface area contributed by atoms with E-state index in [4.69, 9.17) is 109 Å². The maximum atomic E-state index is 13.7. The molecule has 0 saturated carbocycles. The molecular formula is C84H140N6O60. The molecule has 150 heavy (non-hydrogen) atoms. The lowest BCUT2D eigenvalue weighted by Crippen LogP contribution is -2.71. The van der Waals surface area contributed by atoms with Crippen molar-refractivity contribution in [2.75, 3.05) is 72.7 Å². The van der Waals surface area contributed by atoms with E-state index < -0.39 is 476 Å². The Bertz CT molecular complexity index is 4250. The fourth-order valence-electron chi connectivity index (χ4n) is 19.5. The maximum Gasteiger partial charge on any atom is 0.217 e. The first-order valence-electron chi connectivity index (χ1n) is 48.0. The molecule has 0 bridgehead atoms. The van der Waals surface area contributed by atoms with E-state index in [1.54, 1.807) is 0 Å².